The molecule has 0 aromatic carbocycles. The maximum atomic E-state index is 11.7. The highest BCUT2D eigenvalue weighted by Crippen LogP contribution is 2.07. The number of pyridine rings is 1. The molecule has 0 spiro atoms. The van der Waals surface area contributed by atoms with Gasteiger partial charge >= 0.3 is 0 Å². The molecule has 0 aliphatic rings. The van der Waals surface area contributed by atoms with Gasteiger partial charge in [0.1, 0.15) is 0 Å². The van der Waals surface area contributed by atoms with Crippen molar-refractivity contribution in [3.05, 3.63) is 36.2 Å². The van der Waals surface area contributed by atoms with Crippen LogP contribution in [0.4, 0.5) is 0 Å². The van der Waals surface area contributed by atoms with Gasteiger partial charge in [-0.1, -0.05) is 6.07 Å². The van der Waals surface area contributed by atoms with Crippen LogP contribution in [0.1, 0.15) is 10.5 Å². The third kappa shape index (κ3) is 1.69. The lowest BCUT2D eigenvalue weighted by atomic mass is 10.3. The predicted molar refractivity (Wildman–Crippen MR) is 54.3 cm³/mol. The van der Waals surface area contributed by atoms with Crippen LogP contribution in [-0.2, 0) is 4.84 Å². The van der Waals surface area contributed by atoms with Crippen LogP contribution in [-0.4, -0.2) is 34.7 Å². The van der Waals surface area contributed by atoms with Gasteiger partial charge in [-0.15, -0.1) is 0 Å². The maximum absolute atomic E-state index is 11.7. The van der Waals surface area contributed by atoms with Crippen LogP contribution in [0.15, 0.2) is 30.5 Å². The second kappa shape index (κ2) is 3.70. The third-order valence-electron chi connectivity index (χ3n) is 2.15. The molecule has 2 heterocycles. The molecule has 0 atom stereocenters. The van der Waals surface area contributed by atoms with Gasteiger partial charge in [0, 0.05) is 13.2 Å². The summed E-state index contributed by atoms with van der Waals surface area (Å²) in [5.74, 6) is -0.263. The molecule has 2 rings (SSSR count). The van der Waals surface area contributed by atoms with Gasteiger partial charge in [0.2, 0.25) is 0 Å². The molecule has 0 bridgehead atoms. The summed E-state index contributed by atoms with van der Waals surface area (Å²) in [5.41, 5.74) is 1.25. The number of fused-ring (bicyclic) bond motifs is 1. The Kier molecular flexibility index (Phi) is 2.39. The van der Waals surface area contributed by atoms with Crippen molar-refractivity contribution in [3.8, 4) is 0 Å². The van der Waals surface area contributed by atoms with Crippen LogP contribution in [0.5, 0.6) is 0 Å². The van der Waals surface area contributed by atoms with E-state index in [1.165, 1.54) is 7.11 Å². The van der Waals surface area contributed by atoms with E-state index in [0.717, 1.165) is 10.6 Å². The highest BCUT2D eigenvalue weighted by Gasteiger charge is 2.14. The zero-order valence-corrected chi connectivity index (χ0v) is 8.54. The first-order valence-electron chi connectivity index (χ1n) is 4.49. The molecule has 0 aliphatic carbocycles. The molecule has 0 unspecified atom stereocenters. The summed E-state index contributed by atoms with van der Waals surface area (Å²) in [6.07, 6.45) is 1.79. The molecule has 1 amide bonds. The lowest BCUT2D eigenvalue weighted by molar-refractivity contribution is -0.0760. The third-order valence-corrected chi connectivity index (χ3v) is 2.15. The van der Waals surface area contributed by atoms with Gasteiger partial charge in [-0.3, -0.25) is 9.63 Å². The molecule has 2 aromatic rings. The number of hydroxylamine groups is 2. The van der Waals surface area contributed by atoms with E-state index >= 15 is 0 Å². The Morgan fingerprint density at radius 3 is 3.00 bits per heavy atom. The highest BCUT2D eigenvalue weighted by atomic mass is 16.7. The average molecular weight is 205 g/mol. The summed E-state index contributed by atoms with van der Waals surface area (Å²) in [7, 11) is 2.99. The lowest BCUT2D eigenvalue weighted by Gasteiger charge is -2.10. The number of amides is 1. The first kappa shape index (κ1) is 9.67. The van der Waals surface area contributed by atoms with Crippen molar-refractivity contribution in [3.63, 3.8) is 0 Å². The molecule has 0 saturated heterocycles. The normalized spacial score (nSPS) is 10.5. The van der Waals surface area contributed by atoms with E-state index in [9.17, 15) is 4.79 Å². The van der Waals surface area contributed by atoms with Crippen LogP contribution < -0.4 is 0 Å². The van der Waals surface area contributed by atoms with Crippen molar-refractivity contribution < 1.29 is 9.63 Å². The van der Waals surface area contributed by atoms with Gasteiger partial charge in [0.15, 0.2) is 5.69 Å². The zero-order valence-electron chi connectivity index (χ0n) is 8.54. The second-order valence-corrected chi connectivity index (χ2v) is 3.08. The highest BCUT2D eigenvalue weighted by molar-refractivity contribution is 5.92. The van der Waals surface area contributed by atoms with Crippen molar-refractivity contribution in [1.29, 1.82) is 0 Å². The number of aromatic nitrogens is 2. The zero-order chi connectivity index (χ0) is 10.8. The Hall–Kier alpha value is -1.88. The molecular weight excluding hydrogens is 194 g/mol. The Bertz CT molecular complexity index is 459. The Labute approximate surface area is 86.8 Å². The van der Waals surface area contributed by atoms with Crippen LogP contribution in [0.2, 0.25) is 0 Å². The van der Waals surface area contributed by atoms with Crippen LogP contribution in [0.25, 0.3) is 5.52 Å². The van der Waals surface area contributed by atoms with Crippen LogP contribution in [0, 0.1) is 0 Å². The SMILES string of the molecule is CON(C)C(=O)c1cc2ccccn2n1. The molecule has 0 saturated carbocycles. The number of hydrogen-bond donors (Lipinski definition) is 0. The van der Waals surface area contributed by atoms with E-state index in [1.807, 2.05) is 18.2 Å². The van der Waals surface area contributed by atoms with E-state index < -0.39 is 0 Å². The van der Waals surface area contributed by atoms with Crippen molar-refractivity contribution >= 4 is 11.4 Å². The number of hydrogen-bond acceptors (Lipinski definition) is 3. The number of nitrogens with zero attached hydrogens (tertiary/aromatic N) is 3. The summed E-state index contributed by atoms with van der Waals surface area (Å²) in [6.45, 7) is 0. The number of rotatable bonds is 2. The molecule has 78 valence electrons. The summed E-state index contributed by atoms with van der Waals surface area (Å²) in [4.78, 5) is 16.5. The summed E-state index contributed by atoms with van der Waals surface area (Å²) in [5, 5.41) is 5.27. The summed E-state index contributed by atoms with van der Waals surface area (Å²) in [6, 6.07) is 7.36. The topological polar surface area (TPSA) is 46.8 Å². The van der Waals surface area contributed by atoms with E-state index in [4.69, 9.17) is 4.84 Å². The molecule has 0 N–H and O–H groups in total. The minimum Gasteiger partial charge on any atom is -0.274 e. The minimum absolute atomic E-state index is 0.263. The van der Waals surface area contributed by atoms with Crippen LogP contribution in [0.3, 0.4) is 0 Å². The predicted octanol–water partition coefficient (Wildman–Crippen LogP) is 0.968. The van der Waals surface area contributed by atoms with Crippen LogP contribution >= 0.6 is 0 Å². The Balaban J connectivity index is 2.41. The molecule has 0 fully saturated rings. The van der Waals surface area contributed by atoms with E-state index in [-0.39, 0.29) is 5.91 Å². The number of carbonyl (C=O) groups is 1. The largest absolute Gasteiger partial charge is 0.297 e. The molecule has 5 heteroatoms. The van der Waals surface area contributed by atoms with E-state index in [2.05, 4.69) is 5.10 Å². The smallest absolute Gasteiger partial charge is 0.274 e. The van der Waals surface area contributed by atoms with E-state index in [1.54, 1.807) is 23.8 Å². The van der Waals surface area contributed by atoms with Crippen molar-refractivity contribution in [2.45, 2.75) is 0 Å². The fourth-order valence-corrected chi connectivity index (χ4v) is 1.29. The monoisotopic (exact) mass is 205 g/mol. The molecular formula is C10H11N3O2. The van der Waals surface area contributed by atoms with Crippen molar-refractivity contribution in [2.24, 2.45) is 0 Å². The Morgan fingerprint density at radius 1 is 1.53 bits per heavy atom. The quantitative estimate of drug-likeness (QED) is 0.686. The van der Waals surface area contributed by atoms with Gasteiger partial charge in [-0.2, -0.15) is 5.10 Å². The van der Waals surface area contributed by atoms with Gasteiger partial charge in [0.05, 0.1) is 12.6 Å². The van der Waals surface area contributed by atoms with Gasteiger partial charge in [-0.25, -0.2) is 9.58 Å². The fraction of sp³-hybridized carbons (Fsp3) is 0.200. The van der Waals surface area contributed by atoms with Gasteiger partial charge in [0.25, 0.3) is 5.91 Å². The second-order valence-electron chi connectivity index (χ2n) is 3.08. The van der Waals surface area contributed by atoms with Crippen molar-refractivity contribution in [1.82, 2.24) is 14.7 Å². The minimum atomic E-state index is -0.263. The maximum Gasteiger partial charge on any atom is 0.297 e. The first-order chi connectivity index (χ1) is 7.22. The first-order valence-corrected chi connectivity index (χ1v) is 4.49. The molecule has 0 radical (unpaired) electrons. The standard InChI is InChI=1S/C10H11N3O2/c1-12(15-2)10(14)9-7-8-5-3-4-6-13(8)11-9/h3-7H,1-2H3. The summed E-state index contributed by atoms with van der Waals surface area (Å²) < 4.78 is 1.65. The lowest BCUT2D eigenvalue weighted by Crippen LogP contribution is -2.25. The molecule has 2 aromatic heterocycles. The molecule has 15 heavy (non-hydrogen) atoms. The average Bonchev–Trinajstić information content (AvgIpc) is 2.70. The molecule has 0 aliphatic heterocycles. The number of carbonyl (C=O) groups excluding carboxylic acids is 1. The molecule has 5 nitrogen and oxygen atoms in total. The summed E-state index contributed by atoms with van der Waals surface area (Å²) >= 11 is 0. The fourth-order valence-electron chi connectivity index (χ4n) is 1.29. The van der Waals surface area contributed by atoms with Gasteiger partial charge < -0.3 is 0 Å². The van der Waals surface area contributed by atoms with E-state index in [0.29, 0.717) is 5.69 Å². The Morgan fingerprint density at radius 2 is 2.33 bits per heavy atom. The van der Waals surface area contributed by atoms with Crippen molar-refractivity contribution in [2.75, 3.05) is 14.2 Å². The van der Waals surface area contributed by atoms with Gasteiger partial charge in [-0.05, 0) is 18.2 Å².